The van der Waals surface area contributed by atoms with Crippen LogP contribution in [-0.2, 0) is 22.4 Å². The van der Waals surface area contributed by atoms with Crippen LogP contribution in [0.2, 0.25) is 10.3 Å². The van der Waals surface area contributed by atoms with Crippen molar-refractivity contribution >= 4 is 46.4 Å². The van der Waals surface area contributed by atoms with Gasteiger partial charge in [-0.25, -0.2) is 9.97 Å². The van der Waals surface area contributed by atoms with Gasteiger partial charge in [-0.3, -0.25) is 9.59 Å². The van der Waals surface area contributed by atoms with E-state index < -0.39 is 0 Å². The molecule has 0 unspecified atom stereocenters. The van der Waals surface area contributed by atoms with E-state index in [-0.39, 0.29) is 35.0 Å². The lowest BCUT2D eigenvalue weighted by molar-refractivity contribution is -0.116. The lowest BCUT2D eigenvalue weighted by atomic mass is 10.1. The molecule has 0 bridgehead atoms. The fraction of sp³-hybridized carbons (Fsp3) is 0.379. The van der Waals surface area contributed by atoms with Crippen molar-refractivity contribution in [2.24, 2.45) is 0 Å². The zero-order valence-corrected chi connectivity index (χ0v) is 23.9. The molecule has 0 saturated carbocycles. The van der Waals surface area contributed by atoms with Crippen molar-refractivity contribution < 1.29 is 19.1 Å². The molecule has 4 N–H and O–H groups in total. The molecule has 2 aliphatic heterocycles. The van der Waals surface area contributed by atoms with Crippen molar-refractivity contribution in [3.8, 4) is 11.5 Å². The largest absolute Gasteiger partial charge is 0.490 e. The number of hydrogen-bond donors (Lipinski definition) is 4. The van der Waals surface area contributed by atoms with Crippen LogP contribution in [0.5, 0.6) is 11.5 Å². The molecule has 0 spiro atoms. The molecular weight excluding hydrogens is 567 g/mol. The van der Waals surface area contributed by atoms with Crippen molar-refractivity contribution in [2.45, 2.75) is 44.2 Å². The van der Waals surface area contributed by atoms with Gasteiger partial charge in [-0.1, -0.05) is 47.5 Å². The summed E-state index contributed by atoms with van der Waals surface area (Å²) >= 11 is 12.4. The first-order valence-electron chi connectivity index (χ1n) is 13.6. The number of aryl methyl sites for hydroxylation is 1. The second-order valence-corrected chi connectivity index (χ2v) is 10.8. The van der Waals surface area contributed by atoms with Crippen LogP contribution in [0.25, 0.3) is 0 Å². The van der Waals surface area contributed by atoms with E-state index in [1.54, 1.807) is 24.5 Å². The van der Waals surface area contributed by atoms with Gasteiger partial charge in [0, 0.05) is 30.6 Å². The van der Waals surface area contributed by atoms with Crippen LogP contribution < -0.4 is 30.7 Å². The Morgan fingerprint density at radius 2 is 1.29 bits per heavy atom. The molecule has 2 fully saturated rings. The SMILES string of the molecule is O=C(CCc1ccc(CC(=O)Nc2cc(OC[C@@H]3CCN3)cnc2Cl)cc1)Nc1cc(OC[C@@H]2CCN2)cnc1Cl. The van der Waals surface area contributed by atoms with Gasteiger partial charge in [0.05, 0.1) is 30.2 Å². The van der Waals surface area contributed by atoms with E-state index in [1.165, 1.54) is 0 Å². The molecule has 12 heteroatoms. The number of aromatic nitrogens is 2. The van der Waals surface area contributed by atoms with Crippen molar-refractivity contribution in [1.29, 1.82) is 0 Å². The van der Waals surface area contributed by atoms with Crippen LogP contribution in [0, 0.1) is 0 Å². The molecule has 3 aromatic rings. The quantitative estimate of drug-likeness (QED) is 0.217. The standard InChI is InChI=1S/C29H32Cl2N6O4/c30-28-24(12-22(14-34-28)40-16-20-7-9-32-20)36-26(38)6-5-18-1-3-19(4-2-18)11-27(39)37-25-13-23(15-35-29(25)31)41-17-21-8-10-33-21/h1-4,12-15,20-21,32-33H,5-11,16-17H2,(H,36,38)(H,37,39)/t20-,21-/m0/s1. The molecule has 0 aliphatic carbocycles. The molecule has 4 heterocycles. The molecular formula is C29H32Cl2N6O4. The molecule has 5 rings (SSSR count). The Morgan fingerprint density at radius 3 is 1.78 bits per heavy atom. The molecule has 2 aliphatic rings. The molecule has 0 radical (unpaired) electrons. The molecule has 2 amide bonds. The number of rotatable bonds is 13. The van der Waals surface area contributed by atoms with Gasteiger partial charge in [0.15, 0.2) is 10.3 Å². The Kier molecular flexibility index (Phi) is 9.89. The van der Waals surface area contributed by atoms with E-state index in [1.807, 2.05) is 24.3 Å². The van der Waals surface area contributed by atoms with Crippen LogP contribution in [-0.4, -0.2) is 60.2 Å². The van der Waals surface area contributed by atoms with Crippen molar-refractivity contribution in [3.63, 3.8) is 0 Å². The zero-order valence-electron chi connectivity index (χ0n) is 22.4. The van der Waals surface area contributed by atoms with Crippen molar-refractivity contribution in [1.82, 2.24) is 20.6 Å². The Morgan fingerprint density at radius 1 is 0.805 bits per heavy atom. The number of halogens is 2. The number of amides is 2. The average molecular weight is 600 g/mol. The third-order valence-electron chi connectivity index (χ3n) is 6.96. The van der Waals surface area contributed by atoms with Gasteiger partial charge in [-0.05, 0) is 43.5 Å². The second-order valence-electron chi connectivity index (χ2n) is 10.1. The van der Waals surface area contributed by atoms with Gasteiger partial charge in [0.25, 0.3) is 0 Å². The van der Waals surface area contributed by atoms with Crippen LogP contribution in [0.3, 0.4) is 0 Å². The molecule has 10 nitrogen and oxygen atoms in total. The number of carbonyl (C=O) groups is 2. The van der Waals surface area contributed by atoms with Gasteiger partial charge >= 0.3 is 0 Å². The molecule has 1 aromatic carbocycles. The van der Waals surface area contributed by atoms with Gasteiger partial charge in [-0.2, -0.15) is 0 Å². The maximum absolute atomic E-state index is 12.7. The first-order valence-corrected chi connectivity index (χ1v) is 14.4. The maximum atomic E-state index is 12.7. The van der Waals surface area contributed by atoms with Crippen LogP contribution in [0.15, 0.2) is 48.8 Å². The van der Waals surface area contributed by atoms with E-state index in [0.717, 1.165) is 37.1 Å². The van der Waals surface area contributed by atoms with Crippen LogP contribution >= 0.6 is 23.2 Å². The number of nitrogens with one attached hydrogen (secondary N) is 4. The lowest BCUT2D eigenvalue weighted by Gasteiger charge is -2.27. The summed E-state index contributed by atoms with van der Waals surface area (Å²) in [6.45, 7) is 3.08. The summed E-state index contributed by atoms with van der Waals surface area (Å²) in [6, 6.07) is 11.6. The highest BCUT2D eigenvalue weighted by atomic mass is 35.5. The van der Waals surface area contributed by atoms with Crippen LogP contribution in [0.4, 0.5) is 11.4 Å². The van der Waals surface area contributed by atoms with Gasteiger partial charge in [-0.15, -0.1) is 0 Å². The zero-order chi connectivity index (χ0) is 28.6. The average Bonchev–Trinajstić information content (AvgIpc) is 2.90. The molecule has 216 valence electrons. The van der Waals surface area contributed by atoms with Gasteiger partial charge < -0.3 is 30.7 Å². The van der Waals surface area contributed by atoms with E-state index in [9.17, 15) is 9.59 Å². The first kappa shape index (κ1) is 29.1. The monoisotopic (exact) mass is 598 g/mol. The maximum Gasteiger partial charge on any atom is 0.228 e. The minimum absolute atomic E-state index is 0.162. The summed E-state index contributed by atoms with van der Waals surface area (Å²) < 4.78 is 11.5. The minimum atomic E-state index is -0.223. The number of pyridine rings is 2. The Bertz CT molecular complexity index is 1370. The number of benzene rings is 1. The number of nitrogens with zero attached hydrogens (tertiary/aromatic N) is 2. The fourth-order valence-electron chi connectivity index (χ4n) is 4.24. The smallest absolute Gasteiger partial charge is 0.228 e. The Labute approximate surface area is 248 Å². The van der Waals surface area contributed by atoms with E-state index in [0.29, 0.717) is 54.6 Å². The summed E-state index contributed by atoms with van der Waals surface area (Å²) in [5.74, 6) is 0.696. The first-order chi connectivity index (χ1) is 19.9. The molecule has 2 atom stereocenters. The highest BCUT2D eigenvalue weighted by Gasteiger charge is 2.18. The van der Waals surface area contributed by atoms with Crippen molar-refractivity contribution in [3.05, 3.63) is 70.2 Å². The Balaban J connectivity index is 1.06. The topological polar surface area (TPSA) is 127 Å². The number of carbonyl (C=O) groups excluding carboxylic acids is 2. The lowest BCUT2D eigenvalue weighted by Crippen LogP contribution is -2.46. The predicted molar refractivity (Wildman–Crippen MR) is 158 cm³/mol. The summed E-state index contributed by atoms with van der Waals surface area (Å²) in [5.41, 5.74) is 2.62. The minimum Gasteiger partial charge on any atom is -0.490 e. The molecule has 41 heavy (non-hydrogen) atoms. The third kappa shape index (κ3) is 8.53. The summed E-state index contributed by atoms with van der Waals surface area (Å²) in [6.07, 6.45) is 6.19. The summed E-state index contributed by atoms with van der Waals surface area (Å²) in [7, 11) is 0. The van der Waals surface area contributed by atoms with E-state index in [4.69, 9.17) is 32.7 Å². The van der Waals surface area contributed by atoms with Gasteiger partial charge in [0.2, 0.25) is 11.8 Å². The molecule has 2 saturated heterocycles. The van der Waals surface area contributed by atoms with E-state index >= 15 is 0 Å². The normalized spacial score (nSPS) is 17.6. The molecule has 2 aromatic heterocycles. The highest BCUT2D eigenvalue weighted by Crippen LogP contribution is 2.26. The van der Waals surface area contributed by atoms with Crippen molar-refractivity contribution in [2.75, 3.05) is 36.9 Å². The second kappa shape index (κ2) is 14.0. The predicted octanol–water partition coefficient (Wildman–Crippen LogP) is 4.02. The van der Waals surface area contributed by atoms with E-state index in [2.05, 4.69) is 31.2 Å². The highest BCUT2D eigenvalue weighted by molar-refractivity contribution is 6.32. The fourth-order valence-corrected chi connectivity index (χ4v) is 4.54. The summed E-state index contributed by atoms with van der Waals surface area (Å²) in [5, 5.41) is 12.6. The number of ether oxygens (including phenoxy) is 2. The van der Waals surface area contributed by atoms with Crippen LogP contribution in [0.1, 0.15) is 30.4 Å². The third-order valence-corrected chi connectivity index (χ3v) is 7.56. The number of anilines is 2. The summed E-state index contributed by atoms with van der Waals surface area (Å²) in [4.78, 5) is 33.5. The number of hydrogen-bond acceptors (Lipinski definition) is 8. The van der Waals surface area contributed by atoms with Gasteiger partial charge in [0.1, 0.15) is 24.7 Å². The Hall–Kier alpha value is -3.44.